The minimum Gasteiger partial charge on any atom is -0.308 e. The molecule has 1 aromatic carbocycles. The second-order valence-electron chi connectivity index (χ2n) is 4.46. The highest BCUT2D eigenvalue weighted by Gasteiger charge is 2.06. The van der Waals surface area contributed by atoms with Gasteiger partial charge in [-0.15, -0.1) is 12.4 Å². The Hall–Kier alpha value is -1.39. The summed E-state index contributed by atoms with van der Waals surface area (Å²) < 4.78 is 1.55. The molecule has 0 bridgehead atoms. The summed E-state index contributed by atoms with van der Waals surface area (Å²) in [5.74, 6) is 0. The van der Waals surface area contributed by atoms with E-state index in [0.717, 1.165) is 23.0 Å². The summed E-state index contributed by atoms with van der Waals surface area (Å²) in [6.07, 6.45) is 0. The van der Waals surface area contributed by atoms with Gasteiger partial charge in [-0.1, -0.05) is 18.2 Å². The van der Waals surface area contributed by atoms with Gasteiger partial charge in [-0.3, -0.25) is 4.79 Å². The Morgan fingerprint density at radius 2 is 1.83 bits per heavy atom. The first-order valence-electron chi connectivity index (χ1n) is 5.71. The van der Waals surface area contributed by atoms with Gasteiger partial charge < -0.3 is 4.90 Å². The lowest BCUT2D eigenvalue weighted by molar-refractivity contribution is 0.367. The number of aryl methyl sites for hydroxylation is 1. The van der Waals surface area contributed by atoms with Crippen molar-refractivity contribution < 1.29 is 0 Å². The van der Waals surface area contributed by atoms with Crippen LogP contribution in [-0.2, 0) is 6.54 Å². The Labute approximate surface area is 113 Å². The molecule has 0 spiro atoms. The van der Waals surface area contributed by atoms with E-state index in [0.29, 0.717) is 6.54 Å². The number of nitrogens with zero attached hydrogens (tertiary/aromatic N) is 3. The van der Waals surface area contributed by atoms with Crippen molar-refractivity contribution in [1.29, 1.82) is 0 Å². The smallest absolute Gasteiger partial charge is 0.274 e. The molecule has 2 rings (SSSR count). The van der Waals surface area contributed by atoms with Crippen LogP contribution in [0.4, 0.5) is 0 Å². The second-order valence-corrected chi connectivity index (χ2v) is 4.46. The van der Waals surface area contributed by atoms with Crippen LogP contribution in [0.25, 0.3) is 10.8 Å². The van der Waals surface area contributed by atoms with Gasteiger partial charge in [-0.05, 0) is 27.1 Å². The molecule has 0 N–H and O–H groups in total. The monoisotopic (exact) mass is 267 g/mol. The first kappa shape index (κ1) is 14.7. The normalized spacial score (nSPS) is 10.7. The van der Waals surface area contributed by atoms with Crippen molar-refractivity contribution in [2.24, 2.45) is 0 Å². The van der Waals surface area contributed by atoms with Crippen LogP contribution in [0, 0.1) is 6.92 Å². The molecule has 2 aromatic rings. The Balaban J connectivity index is 0.00000162. The molecule has 1 heterocycles. The summed E-state index contributed by atoms with van der Waals surface area (Å²) in [5.41, 5.74) is 0.895. The van der Waals surface area contributed by atoms with Crippen molar-refractivity contribution in [3.63, 3.8) is 0 Å². The first-order chi connectivity index (χ1) is 8.09. The molecule has 0 aliphatic rings. The fraction of sp³-hybridized carbons (Fsp3) is 0.385. The molecular formula is C13H18ClN3O. The van der Waals surface area contributed by atoms with E-state index in [1.807, 2.05) is 50.2 Å². The number of likely N-dealkylation sites (N-methyl/N-ethyl adjacent to an activating group) is 1. The van der Waals surface area contributed by atoms with Crippen molar-refractivity contribution in [1.82, 2.24) is 14.7 Å². The van der Waals surface area contributed by atoms with E-state index in [-0.39, 0.29) is 18.0 Å². The summed E-state index contributed by atoms with van der Waals surface area (Å²) in [4.78, 5) is 14.2. The van der Waals surface area contributed by atoms with Crippen LogP contribution in [0.5, 0.6) is 0 Å². The third-order valence-corrected chi connectivity index (χ3v) is 2.81. The van der Waals surface area contributed by atoms with Gasteiger partial charge in [-0.2, -0.15) is 5.10 Å². The van der Waals surface area contributed by atoms with Gasteiger partial charge >= 0.3 is 0 Å². The first-order valence-corrected chi connectivity index (χ1v) is 5.71. The molecule has 0 atom stereocenters. The van der Waals surface area contributed by atoms with Crippen molar-refractivity contribution in [3.8, 4) is 0 Å². The predicted octanol–water partition coefficient (Wildman–Crippen LogP) is 1.69. The third kappa shape index (κ3) is 2.89. The predicted molar refractivity (Wildman–Crippen MR) is 76.5 cm³/mol. The number of aromatic nitrogens is 2. The fourth-order valence-corrected chi connectivity index (χ4v) is 1.85. The van der Waals surface area contributed by atoms with E-state index in [1.165, 1.54) is 0 Å². The zero-order valence-electron chi connectivity index (χ0n) is 10.9. The molecule has 98 valence electrons. The fourth-order valence-electron chi connectivity index (χ4n) is 1.85. The minimum absolute atomic E-state index is 0. The van der Waals surface area contributed by atoms with E-state index in [9.17, 15) is 4.79 Å². The van der Waals surface area contributed by atoms with Crippen LogP contribution in [0.2, 0.25) is 0 Å². The summed E-state index contributed by atoms with van der Waals surface area (Å²) in [6.45, 7) is 3.37. The standard InChI is InChI=1S/C13H17N3O.ClH/c1-10-11-6-4-5-7-12(11)13(17)16(14-10)9-8-15(2)3;/h4-7H,8-9H2,1-3H3;1H. The Morgan fingerprint density at radius 1 is 1.22 bits per heavy atom. The molecule has 4 nitrogen and oxygen atoms in total. The van der Waals surface area contributed by atoms with Crippen LogP contribution >= 0.6 is 12.4 Å². The minimum atomic E-state index is -0.00644. The zero-order valence-corrected chi connectivity index (χ0v) is 11.7. The molecular weight excluding hydrogens is 250 g/mol. The molecule has 0 unspecified atom stereocenters. The van der Waals surface area contributed by atoms with E-state index in [1.54, 1.807) is 4.68 Å². The van der Waals surface area contributed by atoms with Crippen LogP contribution in [0.3, 0.4) is 0 Å². The molecule has 0 fully saturated rings. The highest BCUT2D eigenvalue weighted by atomic mass is 35.5. The number of benzene rings is 1. The van der Waals surface area contributed by atoms with E-state index in [4.69, 9.17) is 0 Å². The van der Waals surface area contributed by atoms with Crippen molar-refractivity contribution in [2.75, 3.05) is 20.6 Å². The van der Waals surface area contributed by atoms with Gasteiger partial charge in [0.25, 0.3) is 5.56 Å². The highest BCUT2D eigenvalue weighted by Crippen LogP contribution is 2.11. The molecule has 0 saturated carbocycles. The number of halogens is 1. The summed E-state index contributed by atoms with van der Waals surface area (Å²) in [7, 11) is 3.97. The highest BCUT2D eigenvalue weighted by molar-refractivity contribution is 5.85. The Morgan fingerprint density at radius 3 is 2.44 bits per heavy atom. The average molecular weight is 268 g/mol. The van der Waals surface area contributed by atoms with Gasteiger partial charge in [0, 0.05) is 11.9 Å². The lowest BCUT2D eigenvalue weighted by Crippen LogP contribution is -2.29. The summed E-state index contributed by atoms with van der Waals surface area (Å²) >= 11 is 0. The van der Waals surface area contributed by atoms with Gasteiger partial charge in [-0.25, -0.2) is 4.68 Å². The van der Waals surface area contributed by atoms with Crippen LogP contribution in [0.1, 0.15) is 5.69 Å². The van der Waals surface area contributed by atoms with Crippen molar-refractivity contribution in [2.45, 2.75) is 13.5 Å². The Kier molecular flexibility index (Phi) is 4.87. The quantitative estimate of drug-likeness (QED) is 0.849. The van der Waals surface area contributed by atoms with Crippen LogP contribution < -0.4 is 5.56 Å². The van der Waals surface area contributed by atoms with Crippen molar-refractivity contribution >= 4 is 23.2 Å². The van der Waals surface area contributed by atoms with E-state index in [2.05, 4.69) is 5.10 Å². The maximum absolute atomic E-state index is 12.2. The lowest BCUT2D eigenvalue weighted by Gasteiger charge is -2.12. The van der Waals surface area contributed by atoms with Crippen molar-refractivity contribution in [3.05, 3.63) is 40.3 Å². The molecule has 0 radical (unpaired) electrons. The van der Waals surface area contributed by atoms with E-state index >= 15 is 0 Å². The lowest BCUT2D eigenvalue weighted by atomic mass is 10.1. The molecule has 1 aromatic heterocycles. The molecule has 0 aliphatic carbocycles. The second kappa shape index (κ2) is 5.98. The van der Waals surface area contributed by atoms with Crippen LogP contribution in [0.15, 0.2) is 29.1 Å². The molecule has 0 aliphatic heterocycles. The van der Waals surface area contributed by atoms with Crippen LogP contribution in [-0.4, -0.2) is 35.3 Å². The van der Waals surface area contributed by atoms with Gasteiger partial charge in [0.1, 0.15) is 0 Å². The molecule has 0 amide bonds. The van der Waals surface area contributed by atoms with Gasteiger partial charge in [0.05, 0.1) is 17.6 Å². The third-order valence-electron chi connectivity index (χ3n) is 2.81. The Bertz CT molecular complexity index is 592. The zero-order chi connectivity index (χ0) is 12.4. The number of rotatable bonds is 3. The average Bonchev–Trinajstić information content (AvgIpc) is 2.32. The van der Waals surface area contributed by atoms with E-state index < -0.39 is 0 Å². The summed E-state index contributed by atoms with van der Waals surface area (Å²) in [5, 5.41) is 6.04. The largest absolute Gasteiger partial charge is 0.308 e. The SMILES string of the molecule is Cc1nn(CCN(C)C)c(=O)c2ccccc12.Cl. The number of hydrogen-bond donors (Lipinski definition) is 0. The summed E-state index contributed by atoms with van der Waals surface area (Å²) in [6, 6.07) is 7.62. The van der Waals surface area contributed by atoms with Gasteiger partial charge in [0.2, 0.25) is 0 Å². The maximum atomic E-state index is 12.2. The molecule has 5 heteroatoms. The number of hydrogen-bond acceptors (Lipinski definition) is 3. The topological polar surface area (TPSA) is 38.1 Å². The number of fused-ring (bicyclic) bond motifs is 1. The molecule has 18 heavy (non-hydrogen) atoms. The molecule has 0 saturated heterocycles. The van der Waals surface area contributed by atoms with Gasteiger partial charge in [0.15, 0.2) is 0 Å². The maximum Gasteiger partial charge on any atom is 0.274 e.